The number of hydrogen-bond acceptors (Lipinski definition) is 4. The summed E-state index contributed by atoms with van der Waals surface area (Å²) >= 11 is 14.1. The summed E-state index contributed by atoms with van der Waals surface area (Å²) in [6.45, 7) is 0.416. The lowest BCUT2D eigenvalue weighted by Gasteiger charge is -2.10. The van der Waals surface area contributed by atoms with Gasteiger partial charge in [-0.2, -0.15) is 0 Å². The number of aromatic nitrogens is 1. The molecule has 0 N–H and O–H groups in total. The maximum Gasteiger partial charge on any atom is 0.140 e. The summed E-state index contributed by atoms with van der Waals surface area (Å²) in [5.41, 5.74) is 0.875. The molecule has 0 radical (unpaired) electrons. The third-order valence-electron chi connectivity index (χ3n) is 2.29. The molecular weight excluding hydrogens is 417 g/mol. The second-order valence-corrected chi connectivity index (χ2v) is 6.49. The number of thiazole rings is 1. The van der Waals surface area contributed by atoms with Crippen LogP contribution in [0.15, 0.2) is 26.5 Å². The van der Waals surface area contributed by atoms with Gasteiger partial charge in [-0.3, -0.25) is 0 Å². The molecule has 0 aliphatic heterocycles. The van der Waals surface area contributed by atoms with Crippen LogP contribution in [0, 0.1) is 0 Å². The highest BCUT2D eigenvalue weighted by Crippen LogP contribution is 2.36. The highest BCUT2D eigenvalue weighted by atomic mass is 79.9. The van der Waals surface area contributed by atoms with E-state index in [0.717, 1.165) is 31.1 Å². The van der Waals surface area contributed by atoms with Gasteiger partial charge >= 0.3 is 0 Å². The Balaban J connectivity index is 2.09. The quantitative estimate of drug-likeness (QED) is 0.630. The fraction of sp³-hybridized carbons (Fsp3) is 0.250. The maximum absolute atomic E-state index is 5.73. The molecule has 1 aromatic heterocycles. The summed E-state index contributed by atoms with van der Waals surface area (Å²) in [6, 6.07) is 3.71. The standard InChI is InChI=1S/C12H10Br2ClNO2S/c1-17-10-2-9(14)11(3-8(10)13)18-5-12-16-7(4-15)6-19-12/h2-3,6H,4-5H2,1H3. The first-order chi connectivity index (χ1) is 9.13. The Morgan fingerprint density at radius 2 is 1.95 bits per heavy atom. The second kappa shape index (κ2) is 6.92. The van der Waals surface area contributed by atoms with Crippen molar-refractivity contribution in [2.75, 3.05) is 7.11 Å². The lowest BCUT2D eigenvalue weighted by atomic mass is 10.3. The number of methoxy groups -OCH3 is 1. The average molecular weight is 428 g/mol. The van der Waals surface area contributed by atoms with Crippen molar-refractivity contribution in [2.24, 2.45) is 0 Å². The van der Waals surface area contributed by atoms with Crippen LogP contribution in [0.5, 0.6) is 11.5 Å². The number of nitrogens with zero attached hydrogens (tertiary/aromatic N) is 1. The van der Waals surface area contributed by atoms with Gasteiger partial charge in [0.25, 0.3) is 0 Å². The van der Waals surface area contributed by atoms with Crippen LogP contribution in [0.4, 0.5) is 0 Å². The Bertz CT molecular complexity index is 577. The number of halogens is 3. The molecular formula is C12H10Br2ClNO2S. The predicted molar refractivity (Wildman–Crippen MR) is 84.4 cm³/mol. The minimum Gasteiger partial charge on any atom is -0.496 e. The summed E-state index contributed by atoms with van der Waals surface area (Å²) < 4.78 is 12.6. The van der Waals surface area contributed by atoms with E-state index in [2.05, 4.69) is 36.8 Å². The van der Waals surface area contributed by atoms with E-state index in [0.29, 0.717) is 12.5 Å². The summed E-state index contributed by atoms with van der Waals surface area (Å²) in [6.07, 6.45) is 0. The molecule has 0 saturated heterocycles. The highest BCUT2D eigenvalue weighted by Gasteiger charge is 2.09. The summed E-state index contributed by atoms with van der Waals surface area (Å²) in [5, 5.41) is 2.83. The van der Waals surface area contributed by atoms with Crippen LogP contribution in [0.25, 0.3) is 0 Å². The number of hydrogen-bond donors (Lipinski definition) is 0. The van der Waals surface area contributed by atoms with Gasteiger partial charge in [-0.15, -0.1) is 22.9 Å². The molecule has 0 spiro atoms. The molecule has 2 rings (SSSR count). The Labute approximate surface area is 137 Å². The average Bonchev–Trinajstić information content (AvgIpc) is 2.87. The van der Waals surface area contributed by atoms with Crippen LogP contribution >= 0.6 is 54.8 Å². The van der Waals surface area contributed by atoms with E-state index in [1.807, 2.05) is 17.5 Å². The minimum absolute atomic E-state index is 0.416. The lowest BCUT2D eigenvalue weighted by Crippen LogP contribution is -1.97. The molecule has 102 valence electrons. The van der Waals surface area contributed by atoms with E-state index in [1.165, 1.54) is 11.3 Å². The van der Waals surface area contributed by atoms with Gasteiger partial charge < -0.3 is 9.47 Å². The second-order valence-electron chi connectivity index (χ2n) is 3.57. The maximum atomic E-state index is 5.73. The van der Waals surface area contributed by atoms with Crippen molar-refractivity contribution < 1.29 is 9.47 Å². The molecule has 0 saturated carbocycles. The fourth-order valence-electron chi connectivity index (χ4n) is 1.39. The van der Waals surface area contributed by atoms with E-state index >= 15 is 0 Å². The molecule has 1 heterocycles. The molecule has 0 aliphatic carbocycles. The molecule has 1 aromatic carbocycles. The molecule has 0 amide bonds. The van der Waals surface area contributed by atoms with E-state index in [-0.39, 0.29) is 0 Å². The lowest BCUT2D eigenvalue weighted by molar-refractivity contribution is 0.302. The first-order valence-corrected chi connectivity index (χ1v) is 8.29. The smallest absolute Gasteiger partial charge is 0.140 e. The Hall–Kier alpha value is -0.300. The zero-order chi connectivity index (χ0) is 13.8. The predicted octanol–water partition coefficient (Wildman–Crippen LogP) is 4.99. The van der Waals surface area contributed by atoms with Crippen LogP contribution in [-0.4, -0.2) is 12.1 Å². The largest absolute Gasteiger partial charge is 0.496 e. The summed E-state index contributed by atoms with van der Waals surface area (Å²) in [5.74, 6) is 1.90. The van der Waals surface area contributed by atoms with Gasteiger partial charge in [0, 0.05) is 5.38 Å². The van der Waals surface area contributed by atoms with Gasteiger partial charge in [0.1, 0.15) is 23.1 Å². The van der Waals surface area contributed by atoms with Crippen molar-refractivity contribution in [3.8, 4) is 11.5 Å². The highest BCUT2D eigenvalue weighted by molar-refractivity contribution is 9.11. The van der Waals surface area contributed by atoms with Gasteiger partial charge in [0.2, 0.25) is 0 Å². The van der Waals surface area contributed by atoms with Crippen molar-refractivity contribution in [2.45, 2.75) is 12.5 Å². The number of rotatable bonds is 5. The van der Waals surface area contributed by atoms with Crippen LogP contribution in [0.3, 0.4) is 0 Å². The number of benzene rings is 1. The van der Waals surface area contributed by atoms with Crippen LogP contribution in [0.2, 0.25) is 0 Å². The van der Waals surface area contributed by atoms with E-state index < -0.39 is 0 Å². The van der Waals surface area contributed by atoms with Gasteiger partial charge in [0.05, 0.1) is 27.6 Å². The number of ether oxygens (including phenoxy) is 2. The van der Waals surface area contributed by atoms with E-state index in [4.69, 9.17) is 21.1 Å². The monoisotopic (exact) mass is 425 g/mol. The van der Waals surface area contributed by atoms with Gasteiger partial charge in [-0.1, -0.05) is 0 Å². The first kappa shape index (κ1) is 15.1. The molecule has 2 aromatic rings. The first-order valence-electron chi connectivity index (χ1n) is 5.29. The minimum atomic E-state index is 0.416. The molecule has 0 aliphatic rings. The summed E-state index contributed by atoms with van der Waals surface area (Å²) in [4.78, 5) is 4.34. The van der Waals surface area contributed by atoms with Gasteiger partial charge in [0.15, 0.2) is 0 Å². The fourth-order valence-corrected chi connectivity index (χ4v) is 3.25. The molecule has 7 heteroatoms. The molecule has 0 bridgehead atoms. The van der Waals surface area contributed by atoms with Crippen LogP contribution < -0.4 is 9.47 Å². The molecule has 0 fully saturated rings. The normalized spacial score (nSPS) is 10.5. The van der Waals surface area contributed by atoms with Gasteiger partial charge in [-0.05, 0) is 44.0 Å². The topological polar surface area (TPSA) is 31.4 Å². The zero-order valence-corrected chi connectivity index (χ0v) is 14.7. The molecule has 0 atom stereocenters. The van der Waals surface area contributed by atoms with Crippen molar-refractivity contribution in [1.82, 2.24) is 4.98 Å². The van der Waals surface area contributed by atoms with E-state index in [1.54, 1.807) is 7.11 Å². The molecule has 0 unspecified atom stereocenters. The van der Waals surface area contributed by atoms with E-state index in [9.17, 15) is 0 Å². The van der Waals surface area contributed by atoms with Crippen molar-refractivity contribution in [1.29, 1.82) is 0 Å². The van der Waals surface area contributed by atoms with Crippen molar-refractivity contribution >= 4 is 54.8 Å². The van der Waals surface area contributed by atoms with Crippen molar-refractivity contribution in [3.63, 3.8) is 0 Å². The van der Waals surface area contributed by atoms with Gasteiger partial charge in [-0.25, -0.2) is 4.98 Å². The Morgan fingerprint density at radius 1 is 1.26 bits per heavy atom. The molecule has 3 nitrogen and oxygen atoms in total. The Morgan fingerprint density at radius 3 is 2.58 bits per heavy atom. The van der Waals surface area contributed by atoms with Crippen molar-refractivity contribution in [3.05, 3.63) is 37.2 Å². The Kier molecular flexibility index (Phi) is 5.50. The summed E-state index contributed by atoms with van der Waals surface area (Å²) in [7, 11) is 1.62. The molecule has 19 heavy (non-hydrogen) atoms. The SMILES string of the molecule is COc1cc(Br)c(OCc2nc(CCl)cs2)cc1Br. The zero-order valence-electron chi connectivity index (χ0n) is 9.95. The van der Waals surface area contributed by atoms with Crippen LogP contribution in [0.1, 0.15) is 10.7 Å². The number of alkyl halides is 1. The van der Waals surface area contributed by atoms with Crippen LogP contribution in [-0.2, 0) is 12.5 Å². The third kappa shape index (κ3) is 3.84. The third-order valence-corrected chi connectivity index (χ3v) is 4.68.